The molecule has 0 amide bonds. The second kappa shape index (κ2) is 4.94. The van der Waals surface area contributed by atoms with Crippen LogP contribution >= 0.6 is 0 Å². The molecule has 0 bridgehead atoms. The van der Waals surface area contributed by atoms with E-state index in [0.29, 0.717) is 0 Å². The zero-order chi connectivity index (χ0) is 13.1. The fourth-order valence-corrected chi connectivity index (χ4v) is 2.03. The number of benzene rings is 2. The third-order valence-electron chi connectivity index (χ3n) is 2.99. The number of pyridine rings is 1. The molecule has 1 aromatic heterocycles. The number of para-hydroxylation sites is 1. The summed E-state index contributed by atoms with van der Waals surface area (Å²) in [5.74, 6) is 0. The Morgan fingerprint density at radius 2 is 1.68 bits per heavy atom. The Morgan fingerprint density at radius 3 is 2.58 bits per heavy atom. The molecule has 3 rings (SSSR count). The van der Waals surface area contributed by atoms with E-state index in [2.05, 4.69) is 17.1 Å². The van der Waals surface area contributed by atoms with Gasteiger partial charge in [-0.1, -0.05) is 42.5 Å². The minimum atomic E-state index is 0.777. The van der Waals surface area contributed by atoms with E-state index in [-0.39, 0.29) is 0 Å². The van der Waals surface area contributed by atoms with Gasteiger partial charge in [0, 0.05) is 17.3 Å². The zero-order valence-electron chi connectivity index (χ0n) is 10.5. The van der Waals surface area contributed by atoms with Crippen molar-refractivity contribution in [3.63, 3.8) is 0 Å². The third-order valence-corrected chi connectivity index (χ3v) is 2.99. The van der Waals surface area contributed by atoms with Gasteiger partial charge in [0.2, 0.25) is 0 Å². The first kappa shape index (κ1) is 11.5. The van der Waals surface area contributed by atoms with Crippen LogP contribution in [0.25, 0.3) is 23.1 Å². The number of fused-ring (bicyclic) bond motifs is 1. The lowest BCUT2D eigenvalue weighted by Gasteiger charge is -1.99. The maximum atomic E-state index is 5.76. The first-order valence-corrected chi connectivity index (χ1v) is 6.20. The maximum absolute atomic E-state index is 5.76. The number of hydrogen-bond donors (Lipinski definition) is 1. The van der Waals surface area contributed by atoms with Crippen molar-refractivity contribution in [3.8, 4) is 0 Å². The van der Waals surface area contributed by atoms with E-state index in [1.807, 2.05) is 60.8 Å². The predicted molar refractivity (Wildman–Crippen MR) is 81.5 cm³/mol. The molecule has 92 valence electrons. The highest BCUT2D eigenvalue weighted by molar-refractivity contribution is 5.82. The van der Waals surface area contributed by atoms with E-state index >= 15 is 0 Å². The molecule has 2 nitrogen and oxygen atoms in total. The van der Waals surface area contributed by atoms with Crippen LogP contribution < -0.4 is 5.73 Å². The number of aromatic nitrogens is 1. The average molecular weight is 246 g/mol. The van der Waals surface area contributed by atoms with Crippen molar-refractivity contribution < 1.29 is 0 Å². The third kappa shape index (κ3) is 2.63. The summed E-state index contributed by atoms with van der Waals surface area (Å²) in [6.07, 6.45) is 5.97. The number of hydrogen-bond acceptors (Lipinski definition) is 2. The van der Waals surface area contributed by atoms with Crippen molar-refractivity contribution in [3.05, 3.63) is 71.9 Å². The Kier molecular flexibility index (Phi) is 2.99. The molecule has 2 aromatic carbocycles. The number of anilines is 1. The Balaban J connectivity index is 1.92. The van der Waals surface area contributed by atoms with Crippen LogP contribution in [0.5, 0.6) is 0 Å². The van der Waals surface area contributed by atoms with Crippen molar-refractivity contribution in [2.24, 2.45) is 0 Å². The lowest BCUT2D eigenvalue weighted by molar-refractivity contribution is 1.40. The number of nitrogens with two attached hydrogens (primary N) is 1. The van der Waals surface area contributed by atoms with E-state index in [1.165, 1.54) is 0 Å². The maximum Gasteiger partial charge on any atom is 0.0702 e. The van der Waals surface area contributed by atoms with E-state index in [0.717, 1.165) is 27.7 Å². The smallest absolute Gasteiger partial charge is 0.0702 e. The summed E-state index contributed by atoms with van der Waals surface area (Å²) in [6, 6.07) is 18.0. The molecule has 2 heteroatoms. The summed E-state index contributed by atoms with van der Waals surface area (Å²) in [7, 11) is 0. The molecule has 2 N–H and O–H groups in total. The molecule has 0 spiro atoms. The van der Waals surface area contributed by atoms with E-state index < -0.39 is 0 Å². The minimum absolute atomic E-state index is 0.777. The Bertz CT molecular complexity index is 745. The molecule has 3 aromatic rings. The fourth-order valence-electron chi connectivity index (χ4n) is 2.03. The first-order valence-electron chi connectivity index (χ1n) is 6.20. The van der Waals surface area contributed by atoms with Crippen LogP contribution in [0.4, 0.5) is 5.69 Å². The van der Waals surface area contributed by atoms with Gasteiger partial charge in [-0.05, 0) is 35.4 Å². The standard InChI is InChI=1S/C17H14N2/c18-16-6-3-4-13(11-16)8-9-14-10-15-5-1-2-7-17(15)19-12-14/h1-12H,18H2. The molecule has 0 aliphatic rings. The van der Waals surface area contributed by atoms with Crippen LogP contribution in [-0.2, 0) is 0 Å². The second-order valence-electron chi connectivity index (χ2n) is 4.46. The Hall–Kier alpha value is -2.61. The van der Waals surface area contributed by atoms with Crippen molar-refractivity contribution in [2.45, 2.75) is 0 Å². The Labute approximate surface area is 112 Å². The normalized spacial score (nSPS) is 11.2. The van der Waals surface area contributed by atoms with Crippen molar-refractivity contribution in [2.75, 3.05) is 5.73 Å². The van der Waals surface area contributed by atoms with Gasteiger partial charge < -0.3 is 5.73 Å². The van der Waals surface area contributed by atoms with Crippen LogP contribution in [-0.4, -0.2) is 4.98 Å². The van der Waals surface area contributed by atoms with Gasteiger partial charge in [-0.3, -0.25) is 4.98 Å². The minimum Gasteiger partial charge on any atom is -0.399 e. The lowest BCUT2D eigenvalue weighted by atomic mass is 10.1. The molecule has 19 heavy (non-hydrogen) atoms. The average Bonchev–Trinajstić information content (AvgIpc) is 2.45. The monoisotopic (exact) mass is 246 g/mol. The van der Waals surface area contributed by atoms with Crippen LogP contribution in [0, 0.1) is 0 Å². The van der Waals surface area contributed by atoms with E-state index in [9.17, 15) is 0 Å². The number of rotatable bonds is 2. The van der Waals surface area contributed by atoms with Gasteiger partial charge in [-0.2, -0.15) is 0 Å². The van der Waals surface area contributed by atoms with Gasteiger partial charge in [0.05, 0.1) is 5.52 Å². The molecular formula is C17H14N2. The van der Waals surface area contributed by atoms with Gasteiger partial charge in [-0.25, -0.2) is 0 Å². The molecule has 0 radical (unpaired) electrons. The van der Waals surface area contributed by atoms with E-state index in [4.69, 9.17) is 5.73 Å². The summed E-state index contributed by atoms with van der Waals surface area (Å²) >= 11 is 0. The van der Waals surface area contributed by atoms with Crippen LogP contribution in [0.3, 0.4) is 0 Å². The topological polar surface area (TPSA) is 38.9 Å². The lowest BCUT2D eigenvalue weighted by Crippen LogP contribution is -1.84. The van der Waals surface area contributed by atoms with Gasteiger partial charge in [0.1, 0.15) is 0 Å². The molecule has 1 heterocycles. The van der Waals surface area contributed by atoms with Gasteiger partial charge >= 0.3 is 0 Å². The largest absolute Gasteiger partial charge is 0.399 e. The molecule has 0 fully saturated rings. The summed E-state index contributed by atoms with van der Waals surface area (Å²) in [5.41, 5.74) is 9.72. The van der Waals surface area contributed by atoms with Crippen molar-refractivity contribution in [1.29, 1.82) is 0 Å². The zero-order valence-corrected chi connectivity index (χ0v) is 10.5. The molecule has 0 aliphatic heterocycles. The molecular weight excluding hydrogens is 232 g/mol. The van der Waals surface area contributed by atoms with Crippen LogP contribution in [0.2, 0.25) is 0 Å². The summed E-state index contributed by atoms with van der Waals surface area (Å²) in [4.78, 5) is 4.44. The van der Waals surface area contributed by atoms with E-state index in [1.54, 1.807) is 0 Å². The quantitative estimate of drug-likeness (QED) is 0.694. The summed E-state index contributed by atoms with van der Waals surface area (Å²) in [5, 5.41) is 1.15. The van der Waals surface area contributed by atoms with Crippen molar-refractivity contribution in [1.82, 2.24) is 4.98 Å². The van der Waals surface area contributed by atoms with Gasteiger partial charge in [-0.15, -0.1) is 0 Å². The number of nitrogens with zero attached hydrogens (tertiary/aromatic N) is 1. The predicted octanol–water partition coefficient (Wildman–Crippen LogP) is 3.99. The molecule has 0 saturated carbocycles. The Morgan fingerprint density at radius 1 is 0.842 bits per heavy atom. The molecule has 0 aliphatic carbocycles. The molecule has 0 saturated heterocycles. The number of nitrogen functional groups attached to an aromatic ring is 1. The highest BCUT2D eigenvalue weighted by atomic mass is 14.6. The summed E-state index contributed by atoms with van der Waals surface area (Å²) < 4.78 is 0. The second-order valence-corrected chi connectivity index (χ2v) is 4.46. The van der Waals surface area contributed by atoms with Crippen LogP contribution in [0.15, 0.2) is 60.8 Å². The van der Waals surface area contributed by atoms with Crippen molar-refractivity contribution >= 4 is 28.7 Å². The highest BCUT2D eigenvalue weighted by Crippen LogP contribution is 2.15. The highest BCUT2D eigenvalue weighted by Gasteiger charge is 1.94. The summed E-state index contributed by atoms with van der Waals surface area (Å²) in [6.45, 7) is 0. The van der Waals surface area contributed by atoms with Gasteiger partial charge in [0.25, 0.3) is 0 Å². The van der Waals surface area contributed by atoms with Crippen LogP contribution in [0.1, 0.15) is 11.1 Å². The van der Waals surface area contributed by atoms with Gasteiger partial charge in [0.15, 0.2) is 0 Å². The molecule has 0 atom stereocenters. The molecule has 0 unspecified atom stereocenters. The fraction of sp³-hybridized carbons (Fsp3) is 0. The SMILES string of the molecule is Nc1cccc(C=Cc2cnc3ccccc3c2)c1. The first-order chi connectivity index (χ1) is 9.31.